The molecule has 4 atom stereocenters. The topological polar surface area (TPSA) is 29.1 Å². The molecule has 1 aromatic carbocycles. The van der Waals surface area contributed by atoms with Crippen LogP contribution in [-0.4, -0.2) is 11.9 Å². The van der Waals surface area contributed by atoms with Gasteiger partial charge in [-0.1, -0.05) is 24.6 Å². The predicted octanol–water partition coefficient (Wildman–Crippen LogP) is 4.46. The molecule has 2 bridgehead atoms. The highest BCUT2D eigenvalue weighted by molar-refractivity contribution is 7.17. The van der Waals surface area contributed by atoms with Crippen LogP contribution in [0.15, 0.2) is 29.6 Å². The second-order valence-electron chi connectivity index (χ2n) is 6.75. The molecule has 0 aliphatic heterocycles. The summed E-state index contributed by atoms with van der Waals surface area (Å²) in [6.07, 6.45) is 5.50. The molecule has 2 nitrogen and oxygen atoms in total. The number of fused-ring (bicyclic) bond motifs is 3. The zero-order chi connectivity index (χ0) is 14.4. The number of carbonyl (C=O) groups excluding carboxylic acids is 1. The normalized spacial score (nSPS) is 28.9. The van der Waals surface area contributed by atoms with Gasteiger partial charge in [0.05, 0.1) is 5.56 Å². The highest BCUT2D eigenvalue weighted by Gasteiger charge is 2.42. The van der Waals surface area contributed by atoms with Gasteiger partial charge in [0.25, 0.3) is 5.91 Å². The van der Waals surface area contributed by atoms with Crippen molar-refractivity contribution in [3.8, 4) is 0 Å². The number of amides is 1. The first-order valence-corrected chi connectivity index (χ1v) is 8.87. The van der Waals surface area contributed by atoms with E-state index in [1.165, 1.54) is 30.4 Å². The molecule has 2 fully saturated rings. The van der Waals surface area contributed by atoms with E-state index in [2.05, 4.69) is 18.3 Å². The third kappa shape index (κ3) is 2.28. The van der Waals surface area contributed by atoms with Crippen molar-refractivity contribution in [2.45, 2.75) is 38.6 Å². The standard InChI is InChI=1S/C18H21NOS/c1-11(15-9-12-6-7-13(15)8-12)19-18(20)16-10-21-17-5-3-2-4-14(16)17/h2-5,10-13,15H,6-9H2,1H3,(H,19,20)/t11-,12+,13+,15+/m0/s1. The van der Waals surface area contributed by atoms with Crippen LogP contribution >= 0.6 is 11.3 Å². The average Bonchev–Trinajstić information content (AvgIpc) is 3.21. The Hall–Kier alpha value is -1.35. The van der Waals surface area contributed by atoms with Crippen LogP contribution in [0.5, 0.6) is 0 Å². The summed E-state index contributed by atoms with van der Waals surface area (Å²) in [6, 6.07) is 8.45. The lowest BCUT2D eigenvalue weighted by Gasteiger charge is -2.28. The van der Waals surface area contributed by atoms with Crippen LogP contribution in [-0.2, 0) is 0 Å². The molecule has 4 rings (SSSR count). The van der Waals surface area contributed by atoms with Gasteiger partial charge in [-0.15, -0.1) is 11.3 Å². The fraction of sp³-hybridized carbons (Fsp3) is 0.500. The van der Waals surface area contributed by atoms with Gasteiger partial charge in [0.2, 0.25) is 0 Å². The van der Waals surface area contributed by atoms with E-state index in [9.17, 15) is 4.79 Å². The van der Waals surface area contributed by atoms with Crippen LogP contribution in [0, 0.1) is 17.8 Å². The molecule has 2 aliphatic carbocycles. The maximum atomic E-state index is 12.6. The first-order valence-electron chi connectivity index (χ1n) is 7.99. The summed E-state index contributed by atoms with van der Waals surface area (Å²) in [6.45, 7) is 2.19. The first-order chi connectivity index (χ1) is 10.2. The smallest absolute Gasteiger partial charge is 0.252 e. The van der Waals surface area contributed by atoms with Gasteiger partial charge in [-0.3, -0.25) is 4.79 Å². The third-order valence-corrected chi connectivity index (χ3v) is 6.48. The Bertz CT molecular complexity index is 677. The Morgan fingerprint density at radius 2 is 2.14 bits per heavy atom. The van der Waals surface area contributed by atoms with Crippen molar-refractivity contribution in [2.24, 2.45) is 17.8 Å². The fourth-order valence-electron chi connectivity index (χ4n) is 4.45. The molecule has 0 spiro atoms. The second kappa shape index (κ2) is 5.13. The Morgan fingerprint density at radius 3 is 2.90 bits per heavy atom. The van der Waals surface area contributed by atoms with Crippen molar-refractivity contribution < 1.29 is 4.79 Å². The summed E-state index contributed by atoms with van der Waals surface area (Å²) in [4.78, 5) is 12.6. The molecule has 1 aromatic heterocycles. The number of benzene rings is 1. The Kier molecular flexibility index (Phi) is 3.26. The van der Waals surface area contributed by atoms with E-state index in [-0.39, 0.29) is 5.91 Å². The number of rotatable bonds is 3. The molecule has 0 unspecified atom stereocenters. The van der Waals surface area contributed by atoms with E-state index < -0.39 is 0 Å². The summed E-state index contributed by atoms with van der Waals surface area (Å²) in [7, 11) is 0. The lowest BCUT2D eigenvalue weighted by molar-refractivity contribution is 0.0917. The molecule has 2 aliphatic rings. The number of thiophene rings is 1. The Labute approximate surface area is 129 Å². The molecular formula is C18H21NOS. The van der Waals surface area contributed by atoms with E-state index in [4.69, 9.17) is 0 Å². The van der Waals surface area contributed by atoms with E-state index in [1.54, 1.807) is 11.3 Å². The van der Waals surface area contributed by atoms with Crippen molar-refractivity contribution in [3.63, 3.8) is 0 Å². The quantitative estimate of drug-likeness (QED) is 0.891. The second-order valence-corrected chi connectivity index (χ2v) is 7.66. The van der Waals surface area contributed by atoms with E-state index in [0.717, 1.165) is 22.8 Å². The van der Waals surface area contributed by atoms with Gasteiger partial charge >= 0.3 is 0 Å². The van der Waals surface area contributed by atoms with Gasteiger partial charge in [0, 0.05) is 21.5 Å². The molecule has 2 aromatic rings. The van der Waals surface area contributed by atoms with Gasteiger partial charge < -0.3 is 5.32 Å². The van der Waals surface area contributed by atoms with Crippen LogP contribution in [0.2, 0.25) is 0 Å². The van der Waals surface area contributed by atoms with Gasteiger partial charge in [0.15, 0.2) is 0 Å². The highest BCUT2D eigenvalue weighted by Crippen LogP contribution is 2.49. The van der Waals surface area contributed by atoms with Crippen molar-refractivity contribution in [2.75, 3.05) is 0 Å². The molecule has 0 radical (unpaired) electrons. The summed E-state index contributed by atoms with van der Waals surface area (Å²) < 4.78 is 1.19. The molecule has 110 valence electrons. The first kappa shape index (κ1) is 13.3. The Morgan fingerprint density at radius 1 is 1.29 bits per heavy atom. The third-order valence-electron chi connectivity index (χ3n) is 5.52. The van der Waals surface area contributed by atoms with E-state index in [0.29, 0.717) is 12.0 Å². The minimum atomic E-state index is 0.0997. The fourth-order valence-corrected chi connectivity index (χ4v) is 5.39. The monoisotopic (exact) mass is 299 g/mol. The van der Waals surface area contributed by atoms with E-state index >= 15 is 0 Å². The summed E-state index contributed by atoms with van der Waals surface area (Å²) in [5.74, 6) is 2.58. The van der Waals surface area contributed by atoms with Crippen molar-refractivity contribution >= 4 is 27.3 Å². The number of hydrogen-bond donors (Lipinski definition) is 1. The average molecular weight is 299 g/mol. The molecule has 3 heteroatoms. The van der Waals surface area contributed by atoms with E-state index in [1.807, 2.05) is 23.6 Å². The van der Waals surface area contributed by atoms with Crippen LogP contribution in [0.4, 0.5) is 0 Å². The minimum absolute atomic E-state index is 0.0997. The predicted molar refractivity (Wildman–Crippen MR) is 87.7 cm³/mol. The number of carbonyl (C=O) groups is 1. The molecule has 1 amide bonds. The molecule has 0 saturated heterocycles. The zero-order valence-electron chi connectivity index (χ0n) is 12.3. The van der Waals surface area contributed by atoms with Gasteiger partial charge in [-0.2, -0.15) is 0 Å². The van der Waals surface area contributed by atoms with Gasteiger partial charge in [-0.25, -0.2) is 0 Å². The van der Waals surface area contributed by atoms with Crippen LogP contribution in [0.1, 0.15) is 43.0 Å². The molecule has 1 heterocycles. The van der Waals surface area contributed by atoms with Gasteiger partial charge in [-0.05, 0) is 50.0 Å². The van der Waals surface area contributed by atoms with Crippen LogP contribution < -0.4 is 5.32 Å². The summed E-state index contributed by atoms with van der Waals surface area (Å²) >= 11 is 1.65. The molecular weight excluding hydrogens is 278 g/mol. The van der Waals surface area contributed by atoms with Gasteiger partial charge in [0.1, 0.15) is 0 Å². The zero-order valence-corrected chi connectivity index (χ0v) is 13.2. The maximum absolute atomic E-state index is 12.6. The Balaban J connectivity index is 1.50. The summed E-state index contributed by atoms with van der Waals surface area (Å²) in [5, 5.41) is 6.35. The molecule has 1 N–H and O–H groups in total. The highest BCUT2D eigenvalue weighted by atomic mass is 32.1. The van der Waals surface area contributed by atoms with Crippen molar-refractivity contribution in [3.05, 3.63) is 35.2 Å². The SMILES string of the molecule is C[C@H](NC(=O)c1csc2ccccc12)[C@H]1C[C@@H]2CC[C@@H]1C2. The van der Waals surface area contributed by atoms with Crippen LogP contribution in [0.3, 0.4) is 0 Å². The van der Waals surface area contributed by atoms with Crippen molar-refractivity contribution in [1.82, 2.24) is 5.32 Å². The molecule has 21 heavy (non-hydrogen) atoms. The van der Waals surface area contributed by atoms with Crippen molar-refractivity contribution in [1.29, 1.82) is 0 Å². The number of hydrogen-bond acceptors (Lipinski definition) is 2. The largest absolute Gasteiger partial charge is 0.349 e. The number of nitrogens with one attached hydrogen (secondary N) is 1. The van der Waals surface area contributed by atoms with Crippen LogP contribution in [0.25, 0.3) is 10.1 Å². The molecule has 2 saturated carbocycles. The minimum Gasteiger partial charge on any atom is -0.349 e. The lowest BCUT2D eigenvalue weighted by Crippen LogP contribution is -2.40. The lowest BCUT2D eigenvalue weighted by atomic mass is 9.84. The summed E-state index contributed by atoms with van der Waals surface area (Å²) in [5.41, 5.74) is 0.839. The maximum Gasteiger partial charge on any atom is 0.252 e.